The number of nitrogen functional groups attached to an aromatic ring is 1. The number of hydrogen-bond donors (Lipinski definition) is 2. The monoisotopic (exact) mass is 409 g/mol. The van der Waals surface area contributed by atoms with E-state index in [4.69, 9.17) is 10.5 Å². The molecule has 2 aromatic rings. The van der Waals surface area contributed by atoms with Gasteiger partial charge in [-0.1, -0.05) is 6.92 Å². The van der Waals surface area contributed by atoms with E-state index in [1.54, 1.807) is 23.6 Å². The summed E-state index contributed by atoms with van der Waals surface area (Å²) in [4.78, 5) is 19.8. The maximum absolute atomic E-state index is 12.7. The zero-order valence-electron chi connectivity index (χ0n) is 16.8. The van der Waals surface area contributed by atoms with Gasteiger partial charge in [-0.15, -0.1) is 12.4 Å². The molecule has 0 atom stereocenters. The Morgan fingerprint density at radius 2 is 2.11 bits per heavy atom. The van der Waals surface area contributed by atoms with Gasteiger partial charge in [0.15, 0.2) is 5.65 Å². The molecule has 0 unspecified atom stereocenters. The quantitative estimate of drug-likeness (QED) is 0.654. The van der Waals surface area contributed by atoms with Gasteiger partial charge in [0.1, 0.15) is 5.82 Å². The molecular weight excluding hydrogens is 378 g/mol. The number of nitrogens with two attached hydrogens (primary N) is 1. The third kappa shape index (κ3) is 5.37. The van der Waals surface area contributed by atoms with Gasteiger partial charge in [0.05, 0.1) is 11.3 Å². The molecule has 0 saturated carbocycles. The first-order valence-corrected chi connectivity index (χ1v) is 9.88. The number of methoxy groups -OCH3 is 1. The highest BCUT2D eigenvalue weighted by atomic mass is 35.5. The van der Waals surface area contributed by atoms with Crippen LogP contribution in [0.5, 0.6) is 0 Å². The number of nitrogens with zero attached hydrogens (tertiary/aromatic N) is 3. The molecule has 7 nitrogen and oxygen atoms in total. The second-order valence-electron chi connectivity index (χ2n) is 7.29. The van der Waals surface area contributed by atoms with Crippen molar-refractivity contribution in [1.29, 1.82) is 0 Å². The van der Waals surface area contributed by atoms with E-state index in [0.717, 1.165) is 57.6 Å². The van der Waals surface area contributed by atoms with Crippen LogP contribution in [0, 0.1) is 5.92 Å². The zero-order valence-corrected chi connectivity index (χ0v) is 17.6. The maximum Gasteiger partial charge on any atom is 0.255 e. The van der Waals surface area contributed by atoms with Crippen LogP contribution in [0.3, 0.4) is 0 Å². The Hall–Kier alpha value is -1.83. The number of aryl methyl sites for hydroxylation is 1. The first-order valence-electron chi connectivity index (χ1n) is 9.88. The molecular formula is C20H32ClN5O2. The first kappa shape index (κ1) is 22.5. The number of carbonyl (C=O) groups excluding carboxylic acids is 1. The van der Waals surface area contributed by atoms with Crippen LogP contribution in [0.1, 0.15) is 42.2 Å². The number of amides is 1. The number of nitrogens with one attached hydrogen (secondary N) is 1. The lowest BCUT2D eigenvalue weighted by atomic mass is 9.96. The van der Waals surface area contributed by atoms with Gasteiger partial charge < -0.3 is 20.7 Å². The molecule has 8 heteroatoms. The lowest BCUT2D eigenvalue weighted by Crippen LogP contribution is -2.39. The predicted octanol–water partition coefficient (Wildman–Crippen LogP) is 2.38. The summed E-state index contributed by atoms with van der Waals surface area (Å²) in [5.41, 5.74) is 8.17. The van der Waals surface area contributed by atoms with Gasteiger partial charge in [0.2, 0.25) is 0 Å². The molecule has 2 aromatic heterocycles. The average Bonchev–Trinajstić information content (AvgIpc) is 3.13. The second-order valence-corrected chi connectivity index (χ2v) is 7.29. The van der Waals surface area contributed by atoms with Crippen molar-refractivity contribution in [1.82, 2.24) is 19.6 Å². The van der Waals surface area contributed by atoms with Crippen molar-refractivity contribution in [2.24, 2.45) is 5.92 Å². The SMILES string of the molecule is CCc1cn2c(N)ccc(C(=O)NCC3CCN(CCCOC)CC3)c2n1.Cl. The molecule has 0 radical (unpaired) electrons. The van der Waals surface area contributed by atoms with E-state index in [2.05, 4.69) is 15.2 Å². The van der Waals surface area contributed by atoms with Gasteiger partial charge in [-0.05, 0) is 56.8 Å². The Kier molecular flexibility index (Phi) is 8.54. The molecule has 1 aliphatic rings. The van der Waals surface area contributed by atoms with Crippen LogP contribution in [0.4, 0.5) is 5.82 Å². The number of piperidine rings is 1. The molecule has 1 fully saturated rings. The molecule has 28 heavy (non-hydrogen) atoms. The number of halogens is 1. The largest absolute Gasteiger partial charge is 0.385 e. The molecule has 3 N–H and O–H groups in total. The predicted molar refractivity (Wildman–Crippen MR) is 114 cm³/mol. The van der Waals surface area contributed by atoms with E-state index in [9.17, 15) is 4.79 Å². The molecule has 1 aliphatic heterocycles. The third-order valence-corrected chi connectivity index (χ3v) is 5.38. The van der Waals surface area contributed by atoms with E-state index in [1.165, 1.54) is 0 Å². The van der Waals surface area contributed by atoms with Crippen LogP contribution in [0.2, 0.25) is 0 Å². The molecule has 0 aromatic carbocycles. The van der Waals surface area contributed by atoms with Crippen LogP contribution >= 0.6 is 12.4 Å². The average molecular weight is 410 g/mol. The van der Waals surface area contributed by atoms with E-state index in [1.807, 2.05) is 13.1 Å². The minimum absolute atomic E-state index is 0. The summed E-state index contributed by atoms with van der Waals surface area (Å²) in [5.74, 6) is 1.05. The van der Waals surface area contributed by atoms with Gasteiger partial charge in [0.25, 0.3) is 5.91 Å². The van der Waals surface area contributed by atoms with Crippen molar-refractivity contribution in [2.45, 2.75) is 32.6 Å². The van der Waals surface area contributed by atoms with Gasteiger partial charge in [-0.2, -0.15) is 0 Å². The summed E-state index contributed by atoms with van der Waals surface area (Å²) in [6.07, 6.45) is 6.03. The van der Waals surface area contributed by atoms with Crippen LogP contribution in [0.15, 0.2) is 18.3 Å². The van der Waals surface area contributed by atoms with Gasteiger partial charge in [-0.25, -0.2) is 4.98 Å². The van der Waals surface area contributed by atoms with E-state index in [0.29, 0.717) is 29.5 Å². The van der Waals surface area contributed by atoms with Gasteiger partial charge >= 0.3 is 0 Å². The molecule has 3 heterocycles. The summed E-state index contributed by atoms with van der Waals surface area (Å²) in [5, 5.41) is 3.10. The second kappa shape index (κ2) is 10.6. The molecule has 156 valence electrons. The van der Waals surface area contributed by atoms with Crippen molar-refractivity contribution < 1.29 is 9.53 Å². The normalized spacial score (nSPS) is 15.5. The molecule has 1 saturated heterocycles. The summed E-state index contributed by atoms with van der Waals surface area (Å²) in [6, 6.07) is 3.53. The fourth-order valence-electron chi connectivity index (χ4n) is 3.67. The number of imidazole rings is 1. The van der Waals surface area contributed by atoms with E-state index < -0.39 is 0 Å². The number of rotatable bonds is 8. The molecule has 1 amide bonds. The highest BCUT2D eigenvalue weighted by molar-refractivity contribution is 6.00. The topological polar surface area (TPSA) is 84.9 Å². The smallest absolute Gasteiger partial charge is 0.255 e. The molecule has 3 rings (SSSR count). The van der Waals surface area contributed by atoms with E-state index in [-0.39, 0.29) is 18.3 Å². The summed E-state index contributed by atoms with van der Waals surface area (Å²) < 4.78 is 6.92. The highest BCUT2D eigenvalue weighted by Gasteiger charge is 2.21. The first-order chi connectivity index (χ1) is 13.1. The van der Waals surface area contributed by atoms with Crippen molar-refractivity contribution >= 4 is 29.8 Å². The van der Waals surface area contributed by atoms with Crippen molar-refractivity contribution in [3.8, 4) is 0 Å². The Labute approximate surface area is 173 Å². The number of anilines is 1. The Balaban J connectivity index is 0.00000280. The molecule has 0 aliphatic carbocycles. The van der Waals surface area contributed by atoms with Crippen LogP contribution in [0.25, 0.3) is 5.65 Å². The summed E-state index contributed by atoms with van der Waals surface area (Å²) in [6.45, 7) is 6.85. The molecule has 0 bridgehead atoms. The van der Waals surface area contributed by atoms with Crippen LogP contribution in [-0.2, 0) is 11.2 Å². The van der Waals surface area contributed by atoms with Crippen molar-refractivity contribution in [3.63, 3.8) is 0 Å². The lowest BCUT2D eigenvalue weighted by molar-refractivity contribution is 0.0934. The Bertz CT molecular complexity index is 771. The maximum atomic E-state index is 12.7. The van der Waals surface area contributed by atoms with Crippen LogP contribution in [-0.4, -0.2) is 60.1 Å². The summed E-state index contributed by atoms with van der Waals surface area (Å²) >= 11 is 0. The Morgan fingerprint density at radius 3 is 2.79 bits per heavy atom. The summed E-state index contributed by atoms with van der Waals surface area (Å²) in [7, 11) is 1.75. The Morgan fingerprint density at radius 1 is 1.36 bits per heavy atom. The number of hydrogen-bond acceptors (Lipinski definition) is 5. The lowest BCUT2D eigenvalue weighted by Gasteiger charge is -2.31. The highest BCUT2D eigenvalue weighted by Crippen LogP contribution is 2.19. The van der Waals surface area contributed by atoms with Crippen LogP contribution < -0.4 is 11.1 Å². The fraction of sp³-hybridized carbons (Fsp3) is 0.600. The third-order valence-electron chi connectivity index (χ3n) is 5.38. The van der Waals surface area contributed by atoms with Gasteiger partial charge in [-0.3, -0.25) is 9.20 Å². The van der Waals surface area contributed by atoms with E-state index >= 15 is 0 Å². The number of pyridine rings is 1. The van der Waals surface area contributed by atoms with Crippen molar-refractivity contribution in [3.05, 3.63) is 29.6 Å². The van der Waals surface area contributed by atoms with Crippen molar-refractivity contribution in [2.75, 3.05) is 45.6 Å². The minimum Gasteiger partial charge on any atom is -0.385 e. The number of fused-ring (bicyclic) bond motifs is 1. The standard InChI is InChI=1S/C20H31N5O2.ClH/c1-3-16-14-25-18(21)6-5-17(19(25)23-16)20(26)22-13-15-7-10-24(11-8-15)9-4-12-27-2;/h5-6,14-15H,3-4,7-13,21H2,1-2H3,(H,22,26);1H. The van der Waals surface area contributed by atoms with Gasteiger partial charge in [0, 0.05) is 33.0 Å². The number of carbonyl (C=O) groups is 1. The number of ether oxygens (including phenoxy) is 1. The minimum atomic E-state index is -0.0734. The number of aromatic nitrogens is 2. The zero-order chi connectivity index (χ0) is 19.2. The fourth-order valence-corrected chi connectivity index (χ4v) is 3.67. The molecule has 0 spiro atoms. The number of likely N-dealkylation sites (tertiary alicyclic amines) is 1.